The van der Waals surface area contributed by atoms with Crippen LogP contribution in [-0.2, 0) is 12.7 Å². The summed E-state index contributed by atoms with van der Waals surface area (Å²) in [7, 11) is 0. The zero-order valence-electron chi connectivity index (χ0n) is 9.15. The summed E-state index contributed by atoms with van der Waals surface area (Å²) in [4.78, 5) is 0. The van der Waals surface area contributed by atoms with Crippen molar-refractivity contribution in [3.8, 4) is 0 Å². The Bertz CT molecular complexity index is 305. The van der Waals surface area contributed by atoms with Crippen molar-refractivity contribution in [2.24, 2.45) is 5.73 Å². The second-order valence-electron chi connectivity index (χ2n) is 2.84. The van der Waals surface area contributed by atoms with Gasteiger partial charge in [0.05, 0.1) is 5.56 Å². The predicted octanol–water partition coefficient (Wildman–Crippen LogP) is 3.50. The molecule has 0 saturated carbocycles. The molecule has 86 valence electrons. The fraction of sp³-hybridized carbons (Fsp3) is 0.455. The van der Waals surface area contributed by atoms with E-state index in [-0.39, 0.29) is 6.54 Å². The maximum atomic E-state index is 12.2. The predicted molar refractivity (Wildman–Crippen MR) is 55.4 cm³/mol. The van der Waals surface area contributed by atoms with E-state index in [2.05, 4.69) is 0 Å². The third-order valence-electron chi connectivity index (χ3n) is 1.90. The Balaban J connectivity index is 0.000000921. The average Bonchev–Trinajstić information content (AvgIpc) is 2.20. The Kier molecular flexibility index (Phi) is 5.36. The second-order valence-corrected chi connectivity index (χ2v) is 2.84. The van der Waals surface area contributed by atoms with Gasteiger partial charge in [-0.3, -0.25) is 0 Å². The molecule has 0 amide bonds. The molecule has 0 spiro atoms. The van der Waals surface area contributed by atoms with Gasteiger partial charge in [0, 0.05) is 6.54 Å². The van der Waals surface area contributed by atoms with Gasteiger partial charge in [0.1, 0.15) is 0 Å². The van der Waals surface area contributed by atoms with E-state index in [0.717, 1.165) is 17.7 Å². The molecule has 0 aromatic heterocycles. The van der Waals surface area contributed by atoms with Crippen LogP contribution in [0.3, 0.4) is 0 Å². The van der Waals surface area contributed by atoms with Crippen LogP contribution in [0, 0.1) is 6.92 Å². The van der Waals surface area contributed by atoms with Gasteiger partial charge in [0.25, 0.3) is 0 Å². The first-order chi connectivity index (χ1) is 6.95. The van der Waals surface area contributed by atoms with E-state index in [1.54, 1.807) is 6.92 Å². The standard InChI is InChI=1S/C9H10F3N.C2H6/c1-6-2-3-8(9(10,11)12)4-7(6)5-13;1-2/h2-4H,5,13H2,1H3;1-2H3. The second kappa shape index (κ2) is 5.75. The minimum atomic E-state index is -4.28. The molecule has 0 aliphatic carbocycles. The summed E-state index contributed by atoms with van der Waals surface area (Å²) >= 11 is 0. The molecule has 4 heteroatoms. The molecule has 0 heterocycles. The Hall–Kier alpha value is -1.03. The van der Waals surface area contributed by atoms with Gasteiger partial charge in [0.15, 0.2) is 0 Å². The topological polar surface area (TPSA) is 26.0 Å². The Morgan fingerprint density at radius 1 is 1.20 bits per heavy atom. The number of rotatable bonds is 1. The van der Waals surface area contributed by atoms with Crippen LogP contribution < -0.4 is 5.73 Å². The van der Waals surface area contributed by atoms with Crippen LogP contribution in [0.1, 0.15) is 30.5 Å². The van der Waals surface area contributed by atoms with E-state index in [9.17, 15) is 13.2 Å². The van der Waals surface area contributed by atoms with Gasteiger partial charge in [-0.05, 0) is 30.2 Å². The van der Waals surface area contributed by atoms with Crippen molar-refractivity contribution in [1.82, 2.24) is 0 Å². The third kappa shape index (κ3) is 3.91. The lowest BCUT2D eigenvalue weighted by molar-refractivity contribution is -0.137. The summed E-state index contributed by atoms with van der Waals surface area (Å²) < 4.78 is 36.6. The molecule has 1 aromatic rings. The van der Waals surface area contributed by atoms with Crippen molar-refractivity contribution in [3.63, 3.8) is 0 Å². The van der Waals surface area contributed by atoms with Crippen LogP contribution in [0.5, 0.6) is 0 Å². The fourth-order valence-electron chi connectivity index (χ4n) is 1.07. The molecule has 0 saturated heterocycles. The molecule has 0 bridgehead atoms. The number of nitrogens with two attached hydrogens (primary N) is 1. The number of alkyl halides is 3. The van der Waals surface area contributed by atoms with Crippen LogP contribution in [0.2, 0.25) is 0 Å². The molecule has 0 unspecified atom stereocenters. The summed E-state index contributed by atoms with van der Waals surface area (Å²) in [6.45, 7) is 5.87. The van der Waals surface area contributed by atoms with Crippen molar-refractivity contribution >= 4 is 0 Å². The average molecular weight is 219 g/mol. The molecule has 2 N–H and O–H groups in total. The maximum absolute atomic E-state index is 12.2. The van der Waals surface area contributed by atoms with Gasteiger partial charge in [-0.2, -0.15) is 13.2 Å². The number of hydrogen-bond acceptors (Lipinski definition) is 1. The lowest BCUT2D eigenvalue weighted by Gasteiger charge is -2.09. The molecule has 0 atom stereocenters. The number of hydrogen-bond donors (Lipinski definition) is 1. The highest BCUT2D eigenvalue weighted by atomic mass is 19.4. The third-order valence-corrected chi connectivity index (χ3v) is 1.90. The lowest BCUT2D eigenvalue weighted by atomic mass is 10.1. The van der Waals surface area contributed by atoms with Gasteiger partial charge in [0.2, 0.25) is 0 Å². The van der Waals surface area contributed by atoms with E-state index in [0.29, 0.717) is 5.56 Å². The summed E-state index contributed by atoms with van der Waals surface area (Å²) in [5.74, 6) is 0. The summed E-state index contributed by atoms with van der Waals surface area (Å²) in [5, 5.41) is 0. The van der Waals surface area contributed by atoms with Gasteiger partial charge in [-0.15, -0.1) is 0 Å². The van der Waals surface area contributed by atoms with Crippen LogP contribution in [0.4, 0.5) is 13.2 Å². The first-order valence-corrected chi connectivity index (χ1v) is 4.82. The van der Waals surface area contributed by atoms with Crippen LogP contribution in [0.15, 0.2) is 18.2 Å². The van der Waals surface area contributed by atoms with E-state index in [4.69, 9.17) is 5.73 Å². The Labute approximate surface area is 88.1 Å². The Morgan fingerprint density at radius 2 is 1.73 bits per heavy atom. The van der Waals surface area contributed by atoms with Gasteiger partial charge < -0.3 is 5.73 Å². The molecule has 0 radical (unpaired) electrons. The molecule has 1 rings (SSSR count). The minimum Gasteiger partial charge on any atom is -0.326 e. The van der Waals surface area contributed by atoms with Crippen molar-refractivity contribution in [3.05, 3.63) is 34.9 Å². The first-order valence-electron chi connectivity index (χ1n) is 4.82. The smallest absolute Gasteiger partial charge is 0.326 e. The molecule has 0 aliphatic rings. The SMILES string of the molecule is CC.Cc1ccc(C(F)(F)F)cc1CN. The van der Waals surface area contributed by atoms with Crippen molar-refractivity contribution in [1.29, 1.82) is 0 Å². The molecule has 15 heavy (non-hydrogen) atoms. The highest BCUT2D eigenvalue weighted by Gasteiger charge is 2.30. The number of halogens is 3. The summed E-state index contributed by atoms with van der Waals surface area (Å²) in [6, 6.07) is 3.59. The van der Waals surface area contributed by atoms with Gasteiger partial charge >= 0.3 is 6.18 Å². The maximum Gasteiger partial charge on any atom is 0.416 e. The fourth-order valence-corrected chi connectivity index (χ4v) is 1.07. The number of benzene rings is 1. The first kappa shape index (κ1) is 14.0. The largest absolute Gasteiger partial charge is 0.416 e. The zero-order chi connectivity index (χ0) is 12.1. The quantitative estimate of drug-likeness (QED) is 0.768. The van der Waals surface area contributed by atoms with E-state index in [1.807, 2.05) is 13.8 Å². The summed E-state index contributed by atoms with van der Waals surface area (Å²) in [6.07, 6.45) is -4.28. The highest BCUT2D eigenvalue weighted by molar-refractivity contribution is 5.32. The van der Waals surface area contributed by atoms with Crippen LogP contribution >= 0.6 is 0 Å². The van der Waals surface area contributed by atoms with Gasteiger partial charge in [-0.1, -0.05) is 19.9 Å². The van der Waals surface area contributed by atoms with Crippen molar-refractivity contribution < 1.29 is 13.2 Å². The van der Waals surface area contributed by atoms with E-state index < -0.39 is 11.7 Å². The van der Waals surface area contributed by atoms with E-state index >= 15 is 0 Å². The van der Waals surface area contributed by atoms with Gasteiger partial charge in [-0.25, -0.2) is 0 Å². The molecule has 0 fully saturated rings. The van der Waals surface area contributed by atoms with Crippen LogP contribution in [-0.4, -0.2) is 0 Å². The Morgan fingerprint density at radius 3 is 2.13 bits per heavy atom. The normalized spacial score (nSPS) is 10.6. The molecular formula is C11H16F3N. The van der Waals surface area contributed by atoms with Crippen molar-refractivity contribution in [2.75, 3.05) is 0 Å². The van der Waals surface area contributed by atoms with Crippen molar-refractivity contribution in [2.45, 2.75) is 33.5 Å². The lowest BCUT2D eigenvalue weighted by Crippen LogP contribution is -2.07. The molecule has 1 aromatic carbocycles. The summed E-state index contributed by atoms with van der Waals surface area (Å²) in [5.41, 5.74) is 5.98. The minimum absolute atomic E-state index is 0.135. The molecule has 1 nitrogen and oxygen atoms in total. The molecule has 0 aliphatic heterocycles. The molecular weight excluding hydrogens is 203 g/mol. The van der Waals surface area contributed by atoms with E-state index in [1.165, 1.54) is 6.07 Å². The monoisotopic (exact) mass is 219 g/mol. The van der Waals surface area contributed by atoms with Crippen LogP contribution in [0.25, 0.3) is 0 Å². The number of aryl methyl sites for hydroxylation is 1. The zero-order valence-corrected chi connectivity index (χ0v) is 9.15. The highest BCUT2D eigenvalue weighted by Crippen LogP contribution is 2.30.